The van der Waals surface area contributed by atoms with Crippen molar-refractivity contribution in [3.8, 4) is 0 Å². The Labute approximate surface area is 247 Å². The van der Waals surface area contributed by atoms with Crippen molar-refractivity contribution in [2.75, 3.05) is 6.54 Å². The molecule has 1 saturated heterocycles. The average molecular weight is 542 g/mol. The molecule has 4 saturated carbocycles. The lowest BCUT2D eigenvalue weighted by Gasteiger charge is -2.75. The van der Waals surface area contributed by atoms with E-state index in [1.54, 1.807) is 11.1 Å². The van der Waals surface area contributed by atoms with Gasteiger partial charge in [-0.05, 0) is 140 Å². The molecule has 1 heterocycles. The maximum atomic E-state index is 4.91. The highest BCUT2D eigenvalue weighted by atomic mass is 14.9. The van der Waals surface area contributed by atoms with Crippen LogP contribution in [-0.4, -0.2) is 12.6 Å². The second-order valence-electron chi connectivity index (χ2n) is 16.5. The molecule has 1 nitrogen and oxygen atoms in total. The van der Waals surface area contributed by atoms with Crippen LogP contribution in [0.15, 0.2) is 59.8 Å². The zero-order valence-corrected chi connectivity index (χ0v) is 27.1. The molecular formula is C39H59N. The smallest absolute Gasteiger partial charge is 0.0280 e. The van der Waals surface area contributed by atoms with Crippen LogP contribution in [0.25, 0.3) is 0 Å². The van der Waals surface area contributed by atoms with Crippen molar-refractivity contribution >= 4 is 0 Å². The van der Waals surface area contributed by atoms with Gasteiger partial charge in [-0.2, -0.15) is 0 Å². The van der Waals surface area contributed by atoms with Gasteiger partial charge in [-0.3, -0.25) is 0 Å². The zero-order valence-electron chi connectivity index (χ0n) is 27.1. The summed E-state index contributed by atoms with van der Waals surface area (Å²) in [6.45, 7) is 38.3. The molecule has 220 valence electrons. The van der Waals surface area contributed by atoms with Gasteiger partial charge in [0.25, 0.3) is 0 Å². The molecule has 6 rings (SSSR count). The highest BCUT2D eigenvalue weighted by Crippen LogP contribution is 2.82. The van der Waals surface area contributed by atoms with Crippen LogP contribution in [0.5, 0.6) is 0 Å². The Hall–Kier alpha value is -1.34. The first-order valence-electron chi connectivity index (χ1n) is 16.9. The van der Waals surface area contributed by atoms with Crippen molar-refractivity contribution in [1.29, 1.82) is 0 Å². The van der Waals surface area contributed by atoms with Gasteiger partial charge in [0.15, 0.2) is 0 Å². The van der Waals surface area contributed by atoms with E-state index in [-0.39, 0.29) is 5.41 Å². The molecule has 0 aromatic heterocycles. The van der Waals surface area contributed by atoms with Gasteiger partial charge in [0.05, 0.1) is 0 Å². The lowest BCUT2D eigenvalue weighted by molar-refractivity contribution is -0.241. The van der Waals surface area contributed by atoms with E-state index in [1.165, 1.54) is 73.7 Å². The lowest BCUT2D eigenvalue weighted by Crippen LogP contribution is -2.69. The van der Waals surface area contributed by atoms with Crippen molar-refractivity contribution in [3.63, 3.8) is 0 Å². The Morgan fingerprint density at radius 2 is 1.75 bits per heavy atom. The molecule has 5 aliphatic carbocycles. The van der Waals surface area contributed by atoms with E-state index in [0.717, 1.165) is 25.3 Å². The standard InChI is InChI=1S/C39H59N/c1-12-27(6)37(10)21-26(5)34-38(11)30(18-23(2)28(7)35(37)38)20-32-29(8)31(19-24(3)33-14-13-17-40-33)25(4)22-39(32,34)36(9)15-16-36/h26,28,30,32-35,40H,2-4,6,12-22H2,1,5,7-11H3. The molecule has 0 amide bonds. The number of nitrogens with one attached hydrogen (secondary N) is 1. The minimum atomic E-state index is 0.187. The quantitative estimate of drug-likeness (QED) is 0.330. The second kappa shape index (κ2) is 9.33. The molecule has 5 fully saturated rings. The predicted molar refractivity (Wildman–Crippen MR) is 172 cm³/mol. The molecule has 0 bridgehead atoms. The third-order valence-electron chi connectivity index (χ3n) is 14.8. The Morgan fingerprint density at radius 1 is 1.05 bits per heavy atom. The number of allylic oxidation sites excluding steroid dienone is 5. The monoisotopic (exact) mass is 541 g/mol. The summed E-state index contributed by atoms with van der Waals surface area (Å²) in [6, 6.07) is 0.488. The van der Waals surface area contributed by atoms with Crippen LogP contribution in [0, 0.1) is 57.2 Å². The summed E-state index contributed by atoms with van der Waals surface area (Å²) in [4.78, 5) is 0. The molecule has 40 heavy (non-hydrogen) atoms. The molecule has 0 radical (unpaired) electrons. The van der Waals surface area contributed by atoms with Gasteiger partial charge < -0.3 is 5.32 Å². The Kier molecular flexibility index (Phi) is 6.71. The van der Waals surface area contributed by atoms with E-state index >= 15 is 0 Å². The largest absolute Gasteiger partial charge is 0.310 e. The number of hydrogen-bond donors (Lipinski definition) is 1. The van der Waals surface area contributed by atoms with Crippen LogP contribution < -0.4 is 5.32 Å². The second-order valence-corrected chi connectivity index (χ2v) is 16.5. The summed E-state index contributed by atoms with van der Waals surface area (Å²) in [5.74, 6) is 3.98. The van der Waals surface area contributed by atoms with Crippen LogP contribution in [0.1, 0.15) is 113 Å². The highest BCUT2D eigenvalue weighted by molar-refractivity contribution is 5.46. The van der Waals surface area contributed by atoms with Gasteiger partial charge in [0, 0.05) is 6.04 Å². The lowest BCUT2D eigenvalue weighted by atomic mass is 9.29. The summed E-state index contributed by atoms with van der Waals surface area (Å²) in [6.07, 6.45) is 12.5. The van der Waals surface area contributed by atoms with E-state index in [9.17, 15) is 0 Å². The molecule has 6 aliphatic rings. The summed E-state index contributed by atoms with van der Waals surface area (Å²) < 4.78 is 0. The highest BCUT2D eigenvalue weighted by Gasteiger charge is 2.75. The molecule has 1 N–H and O–H groups in total. The van der Waals surface area contributed by atoms with E-state index in [2.05, 4.69) is 60.4 Å². The SMILES string of the molecule is C=C1CC2(C3(C)CC3)C(CC3CC(=C)C(C)C4C(C)(C(=C)CC)CC(C)C2C34C)C(C)=C1CC(=C)C1CCCN1. The molecule has 0 aromatic carbocycles. The Bertz CT molecular complexity index is 1170. The van der Waals surface area contributed by atoms with Crippen LogP contribution in [0.2, 0.25) is 0 Å². The van der Waals surface area contributed by atoms with E-state index in [1.807, 2.05) is 0 Å². The molecule has 10 atom stereocenters. The first-order chi connectivity index (χ1) is 18.8. The van der Waals surface area contributed by atoms with Crippen molar-refractivity contribution < 1.29 is 0 Å². The molecule has 0 aromatic rings. The van der Waals surface area contributed by atoms with Gasteiger partial charge in [-0.25, -0.2) is 0 Å². The number of hydrogen-bond acceptors (Lipinski definition) is 1. The number of rotatable bonds is 6. The van der Waals surface area contributed by atoms with E-state index in [4.69, 9.17) is 19.7 Å². The Morgan fingerprint density at radius 3 is 2.35 bits per heavy atom. The summed E-state index contributed by atoms with van der Waals surface area (Å²) in [5, 5.41) is 3.71. The fourth-order valence-corrected chi connectivity index (χ4v) is 12.9. The molecule has 10 unspecified atom stereocenters. The van der Waals surface area contributed by atoms with Crippen molar-refractivity contribution in [1.82, 2.24) is 5.32 Å². The van der Waals surface area contributed by atoms with Gasteiger partial charge in [0.1, 0.15) is 0 Å². The summed E-state index contributed by atoms with van der Waals surface area (Å²) in [5.41, 5.74) is 10.3. The first kappa shape index (κ1) is 28.8. The third-order valence-corrected chi connectivity index (χ3v) is 14.8. The Balaban J connectivity index is 1.51. The summed E-state index contributed by atoms with van der Waals surface area (Å²) >= 11 is 0. The normalized spacial score (nSPS) is 47.5. The van der Waals surface area contributed by atoms with Crippen LogP contribution >= 0.6 is 0 Å². The molecule has 0 spiro atoms. The maximum absolute atomic E-state index is 4.91. The molecule has 1 heteroatoms. The topological polar surface area (TPSA) is 12.0 Å². The van der Waals surface area contributed by atoms with Gasteiger partial charge >= 0.3 is 0 Å². The van der Waals surface area contributed by atoms with E-state index in [0.29, 0.717) is 51.9 Å². The number of fused-ring (bicyclic) bond motifs is 2. The fourth-order valence-electron chi connectivity index (χ4n) is 12.9. The van der Waals surface area contributed by atoms with Crippen LogP contribution in [0.3, 0.4) is 0 Å². The van der Waals surface area contributed by atoms with Crippen molar-refractivity contribution in [3.05, 3.63) is 59.8 Å². The average Bonchev–Trinajstić information content (AvgIpc) is 3.41. The van der Waals surface area contributed by atoms with Gasteiger partial charge in [-0.15, -0.1) is 0 Å². The molecular weight excluding hydrogens is 482 g/mol. The minimum absolute atomic E-state index is 0.187. The van der Waals surface area contributed by atoms with E-state index < -0.39 is 0 Å². The van der Waals surface area contributed by atoms with Crippen LogP contribution in [0.4, 0.5) is 0 Å². The van der Waals surface area contributed by atoms with Crippen molar-refractivity contribution in [2.45, 2.75) is 119 Å². The van der Waals surface area contributed by atoms with Gasteiger partial charge in [0.2, 0.25) is 0 Å². The predicted octanol–water partition coefficient (Wildman–Crippen LogP) is 10.2. The van der Waals surface area contributed by atoms with Gasteiger partial charge in [-0.1, -0.05) is 95.7 Å². The first-order valence-corrected chi connectivity index (χ1v) is 16.9. The van der Waals surface area contributed by atoms with Crippen molar-refractivity contribution in [2.24, 2.45) is 57.2 Å². The molecule has 1 aliphatic heterocycles. The fraction of sp³-hybridized carbons (Fsp3) is 0.744. The minimum Gasteiger partial charge on any atom is -0.310 e. The summed E-state index contributed by atoms with van der Waals surface area (Å²) in [7, 11) is 0. The van der Waals surface area contributed by atoms with Crippen LogP contribution in [-0.2, 0) is 0 Å². The zero-order chi connectivity index (χ0) is 29.0. The maximum Gasteiger partial charge on any atom is 0.0280 e. The third kappa shape index (κ3) is 3.61.